The Morgan fingerprint density at radius 3 is 2.93 bits per heavy atom. The molecule has 3 heterocycles. The highest BCUT2D eigenvalue weighted by Crippen LogP contribution is 2.21. The lowest BCUT2D eigenvalue weighted by molar-refractivity contribution is 0.0224. The van der Waals surface area contributed by atoms with Crippen molar-refractivity contribution in [2.75, 3.05) is 45.9 Å². The predicted octanol–water partition coefficient (Wildman–Crippen LogP) is 2.12. The van der Waals surface area contributed by atoms with Gasteiger partial charge in [-0.1, -0.05) is 12.1 Å². The van der Waals surface area contributed by atoms with Gasteiger partial charge in [0, 0.05) is 57.2 Å². The standard InChI is InChI=1S/C21H28N4O2/c26-21(20-5-1-3-18(13-20)14-24-8-6-22-17-24)25-7-2-4-19(16-25)15-23-9-11-27-12-10-23/h1,3,5-6,8,13,17,19H,2,4,7,9-12,14-16H2/t19-/m1/s1. The minimum atomic E-state index is 0.161. The largest absolute Gasteiger partial charge is 0.379 e. The highest BCUT2D eigenvalue weighted by molar-refractivity contribution is 5.94. The lowest BCUT2D eigenvalue weighted by Gasteiger charge is -2.36. The Morgan fingerprint density at radius 1 is 1.22 bits per heavy atom. The van der Waals surface area contributed by atoms with E-state index < -0.39 is 0 Å². The molecule has 0 saturated carbocycles. The van der Waals surface area contributed by atoms with Crippen LogP contribution in [0.3, 0.4) is 0 Å². The Balaban J connectivity index is 1.38. The van der Waals surface area contributed by atoms with Crippen LogP contribution in [0.2, 0.25) is 0 Å². The number of aromatic nitrogens is 2. The summed E-state index contributed by atoms with van der Waals surface area (Å²) >= 11 is 0. The molecule has 144 valence electrons. The molecule has 2 fully saturated rings. The first kappa shape index (κ1) is 18.2. The molecule has 0 bridgehead atoms. The Hall–Kier alpha value is -2.18. The number of likely N-dealkylation sites (tertiary alicyclic amines) is 1. The average molecular weight is 368 g/mol. The van der Waals surface area contributed by atoms with Crippen molar-refractivity contribution in [1.82, 2.24) is 19.4 Å². The number of hydrogen-bond donors (Lipinski definition) is 0. The van der Waals surface area contributed by atoms with Crippen molar-refractivity contribution < 1.29 is 9.53 Å². The Morgan fingerprint density at radius 2 is 2.11 bits per heavy atom. The van der Waals surface area contributed by atoms with Crippen molar-refractivity contribution in [2.45, 2.75) is 19.4 Å². The molecule has 1 aromatic heterocycles. The first-order chi connectivity index (χ1) is 13.3. The van der Waals surface area contributed by atoms with Gasteiger partial charge in [-0.05, 0) is 36.5 Å². The average Bonchev–Trinajstić information content (AvgIpc) is 3.22. The molecule has 0 aliphatic carbocycles. The summed E-state index contributed by atoms with van der Waals surface area (Å²) in [6.45, 7) is 7.24. The lowest BCUT2D eigenvalue weighted by atomic mass is 9.96. The molecular formula is C21H28N4O2. The van der Waals surface area contributed by atoms with Crippen molar-refractivity contribution >= 4 is 5.91 Å². The molecule has 1 aromatic carbocycles. The second kappa shape index (κ2) is 8.67. The molecule has 1 atom stereocenters. The van der Waals surface area contributed by atoms with Gasteiger partial charge in [-0.15, -0.1) is 0 Å². The van der Waals surface area contributed by atoms with E-state index in [1.165, 1.54) is 6.42 Å². The number of benzene rings is 1. The normalized spacial score (nSPS) is 21.3. The van der Waals surface area contributed by atoms with E-state index in [4.69, 9.17) is 4.74 Å². The Labute approximate surface area is 160 Å². The number of ether oxygens (including phenoxy) is 1. The number of imidazole rings is 1. The summed E-state index contributed by atoms with van der Waals surface area (Å²) in [5.41, 5.74) is 1.92. The minimum absolute atomic E-state index is 0.161. The van der Waals surface area contributed by atoms with Crippen LogP contribution in [-0.4, -0.2) is 71.2 Å². The van der Waals surface area contributed by atoms with E-state index in [2.05, 4.69) is 16.0 Å². The third-order valence-corrected chi connectivity index (χ3v) is 5.52. The van der Waals surface area contributed by atoms with E-state index in [0.29, 0.717) is 5.92 Å². The molecule has 6 nitrogen and oxygen atoms in total. The molecule has 0 unspecified atom stereocenters. The monoisotopic (exact) mass is 368 g/mol. The molecule has 0 spiro atoms. The zero-order valence-electron chi connectivity index (χ0n) is 15.8. The van der Waals surface area contributed by atoms with Gasteiger partial charge in [0.15, 0.2) is 0 Å². The third-order valence-electron chi connectivity index (χ3n) is 5.52. The maximum atomic E-state index is 13.1. The van der Waals surface area contributed by atoms with E-state index in [-0.39, 0.29) is 5.91 Å². The topological polar surface area (TPSA) is 50.6 Å². The van der Waals surface area contributed by atoms with Crippen LogP contribution in [0, 0.1) is 5.92 Å². The number of hydrogen-bond acceptors (Lipinski definition) is 4. The fourth-order valence-corrected chi connectivity index (χ4v) is 4.12. The highest BCUT2D eigenvalue weighted by Gasteiger charge is 2.26. The summed E-state index contributed by atoms with van der Waals surface area (Å²) in [6.07, 6.45) is 7.82. The minimum Gasteiger partial charge on any atom is -0.379 e. The van der Waals surface area contributed by atoms with Gasteiger partial charge in [-0.3, -0.25) is 9.69 Å². The molecule has 4 rings (SSSR count). The zero-order valence-corrected chi connectivity index (χ0v) is 15.8. The van der Waals surface area contributed by atoms with E-state index in [1.54, 1.807) is 12.5 Å². The van der Waals surface area contributed by atoms with Gasteiger partial charge in [0.05, 0.1) is 19.5 Å². The quantitative estimate of drug-likeness (QED) is 0.811. The first-order valence-electron chi connectivity index (χ1n) is 9.92. The molecule has 0 N–H and O–H groups in total. The molecule has 2 saturated heterocycles. The number of carbonyl (C=O) groups is 1. The summed E-state index contributed by atoms with van der Waals surface area (Å²) < 4.78 is 7.46. The summed E-state index contributed by atoms with van der Waals surface area (Å²) in [5.74, 6) is 0.726. The number of carbonyl (C=O) groups excluding carboxylic acids is 1. The second-order valence-corrected chi connectivity index (χ2v) is 7.61. The van der Waals surface area contributed by atoms with Crippen LogP contribution >= 0.6 is 0 Å². The summed E-state index contributed by atoms with van der Waals surface area (Å²) in [6, 6.07) is 8.00. The van der Waals surface area contributed by atoms with Crippen molar-refractivity contribution in [1.29, 1.82) is 0 Å². The second-order valence-electron chi connectivity index (χ2n) is 7.61. The molecule has 0 radical (unpaired) electrons. The molecule has 27 heavy (non-hydrogen) atoms. The van der Waals surface area contributed by atoms with Crippen molar-refractivity contribution in [3.05, 3.63) is 54.1 Å². The maximum absolute atomic E-state index is 13.1. The van der Waals surface area contributed by atoms with Gasteiger partial charge in [-0.2, -0.15) is 0 Å². The van der Waals surface area contributed by atoms with Crippen molar-refractivity contribution in [2.24, 2.45) is 5.92 Å². The zero-order chi connectivity index (χ0) is 18.5. The van der Waals surface area contributed by atoms with Gasteiger partial charge in [0.2, 0.25) is 0 Å². The number of morpholine rings is 1. The number of nitrogens with zero attached hydrogens (tertiary/aromatic N) is 4. The van der Waals surface area contributed by atoms with Gasteiger partial charge < -0.3 is 14.2 Å². The molecule has 6 heteroatoms. The summed E-state index contributed by atoms with van der Waals surface area (Å²) in [5, 5.41) is 0. The fraction of sp³-hybridized carbons (Fsp3) is 0.524. The van der Waals surface area contributed by atoms with Gasteiger partial charge in [-0.25, -0.2) is 4.98 Å². The summed E-state index contributed by atoms with van der Waals surface area (Å²) in [4.78, 5) is 21.7. The van der Waals surface area contributed by atoms with Gasteiger partial charge in [0.1, 0.15) is 0 Å². The molecular weight excluding hydrogens is 340 g/mol. The van der Waals surface area contributed by atoms with Crippen molar-refractivity contribution in [3.8, 4) is 0 Å². The van der Waals surface area contributed by atoms with Crippen LogP contribution in [0.4, 0.5) is 0 Å². The van der Waals surface area contributed by atoms with Crippen LogP contribution in [0.15, 0.2) is 43.0 Å². The Bertz CT molecular complexity index is 740. The van der Waals surface area contributed by atoms with Crippen LogP contribution in [0.5, 0.6) is 0 Å². The van der Waals surface area contributed by atoms with E-state index in [0.717, 1.165) is 70.0 Å². The van der Waals surface area contributed by atoms with Crippen LogP contribution < -0.4 is 0 Å². The number of rotatable bonds is 5. The lowest BCUT2D eigenvalue weighted by Crippen LogP contribution is -2.46. The smallest absolute Gasteiger partial charge is 0.253 e. The van der Waals surface area contributed by atoms with Gasteiger partial charge >= 0.3 is 0 Å². The maximum Gasteiger partial charge on any atom is 0.253 e. The van der Waals surface area contributed by atoms with E-state index in [1.807, 2.05) is 33.9 Å². The van der Waals surface area contributed by atoms with Gasteiger partial charge in [0.25, 0.3) is 5.91 Å². The number of amides is 1. The summed E-state index contributed by atoms with van der Waals surface area (Å²) in [7, 11) is 0. The number of piperidine rings is 1. The van der Waals surface area contributed by atoms with Crippen LogP contribution in [0.1, 0.15) is 28.8 Å². The van der Waals surface area contributed by atoms with E-state index in [9.17, 15) is 4.79 Å². The van der Waals surface area contributed by atoms with Crippen molar-refractivity contribution in [3.63, 3.8) is 0 Å². The van der Waals surface area contributed by atoms with Crippen LogP contribution in [0.25, 0.3) is 0 Å². The SMILES string of the molecule is O=C(c1cccc(Cn2ccnc2)c1)N1CCC[C@H](CN2CCOCC2)C1. The third kappa shape index (κ3) is 4.76. The fourth-order valence-electron chi connectivity index (χ4n) is 4.12. The molecule has 2 aliphatic rings. The van der Waals surface area contributed by atoms with Crippen LogP contribution in [-0.2, 0) is 11.3 Å². The Kier molecular flexibility index (Phi) is 5.84. The van der Waals surface area contributed by atoms with E-state index >= 15 is 0 Å². The molecule has 1 amide bonds. The molecule has 2 aromatic rings. The predicted molar refractivity (Wildman–Crippen MR) is 104 cm³/mol. The highest BCUT2D eigenvalue weighted by atomic mass is 16.5. The first-order valence-corrected chi connectivity index (χ1v) is 9.92. The molecule has 2 aliphatic heterocycles.